The van der Waals surface area contributed by atoms with Gasteiger partial charge in [-0.15, -0.1) is 0 Å². The summed E-state index contributed by atoms with van der Waals surface area (Å²) in [6.07, 6.45) is 5.18. The predicted molar refractivity (Wildman–Crippen MR) is 99.7 cm³/mol. The molecule has 2 amide bonds. The van der Waals surface area contributed by atoms with Crippen molar-refractivity contribution >= 4 is 22.7 Å². The molecule has 0 aliphatic heterocycles. The fraction of sp³-hybridized carbons (Fsp3) is 0.500. The first-order valence-electron chi connectivity index (χ1n) is 9.15. The van der Waals surface area contributed by atoms with Crippen molar-refractivity contribution in [1.29, 1.82) is 0 Å². The van der Waals surface area contributed by atoms with Crippen LogP contribution in [0.2, 0.25) is 0 Å². The van der Waals surface area contributed by atoms with E-state index in [1.165, 1.54) is 24.1 Å². The zero-order chi connectivity index (χ0) is 18.0. The molecule has 0 saturated heterocycles. The predicted octanol–water partition coefficient (Wildman–Crippen LogP) is 2.94. The number of hydrogen-bond donors (Lipinski definition) is 3. The van der Waals surface area contributed by atoms with E-state index in [9.17, 15) is 9.59 Å². The van der Waals surface area contributed by atoms with Crippen LogP contribution in [0.5, 0.6) is 0 Å². The highest BCUT2D eigenvalue weighted by molar-refractivity contribution is 6.01. The van der Waals surface area contributed by atoms with Gasteiger partial charge in [-0.05, 0) is 61.8 Å². The van der Waals surface area contributed by atoms with Crippen LogP contribution in [-0.4, -0.2) is 29.9 Å². The van der Waals surface area contributed by atoms with Crippen molar-refractivity contribution in [2.45, 2.75) is 52.0 Å². The molecule has 0 saturated carbocycles. The molecule has 1 aromatic heterocycles. The number of aromatic amines is 1. The number of likely N-dealkylation sites (N-methyl/N-ethyl adjacent to an activating group) is 1. The molecule has 1 unspecified atom stereocenters. The molecule has 5 nitrogen and oxygen atoms in total. The molecule has 0 fully saturated rings. The number of nitrogens with one attached hydrogen (secondary N) is 3. The van der Waals surface area contributed by atoms with E-state index in [1.54, 1.807) is 7.05 Å². The first-order chi connectivity index (χ1) is 12.0. The second-order valence-electron chi connectivity index (χ2n) is 7.32. The van der Waals surface area contributed by atoms with Crippen molar-refractivity contribution in [2.24, 2.45) is 5.92 Å². The van der Waals surface area contributed by atoms with E-state index in [0.717, 1.165) is 23.7 Å². The minimum absolute atomic E-state index is 0.151. The Morgan fingerprint density at radius 3 is 2.68 bits per heavy atom. The highest BCUT2D eigenvalue weighted by Gasteiger charge is 2.22. The molecule has 25 heavy (non-hydrogen) atoms. The van der Waals surface area contributed by atoms with E-state index in [-0.39, 0.29) is 11.8 Å². The Bertz CT molecular complexity index is 792. The molecule has 1 aliphatic carbocycles. The van der Waals surface area contributed by atoms with Crippen LogP contribution in [-0.2, 0) is 17.6 Å². The molecule has 0 spiro atoms. The van der Waals surface area contributed by atoms with Gasteiger partial charge in [-0.25, -0.2) is 0 Å². The van der Waals surface area contributed by atoms with E-state index in [0.29, 0.717) is 17.9 Å². The van der Waals surface area contributed by atoms with Crippen LogP contribution in [0.3, 0.4) is 0 Å². The van der Waals surface area contributed by atoms with Gasteiger partial charge in [-0.2, -0.15) is 0 Å². The zero-order valence-electron chi connectivity index (χ0n) is 15.2. The smallest absolute Gasteiger partial charge is 0.251 e. The Morgan fingerprint density at radius 1 is 1.20 bits per heavy atom. The number of amides is 2. The van der Waals surface area contributed by atoms with E-state index < -0.39 is 6.04 Å². The highest BCUT2D eigenvalue weighted by Crippen LogP contribution is 2.29. The Labute approximate surface area is 148 Å². The molecule has 1 aromatic carbocycles. The van der Waals surface area contributed by atoms with Crippen LogP contribution in [0.25, 0.3) is 10.9 Å². The lowest BCUT2D eigenvalue weighted by molar-refractivity contribution is -0.122. The molecule has 1 atom stereocenters. The fourth-order valence-corrected chi connectivity index (χ4v) is 3.67. The lowest BCUT2D eigenvalue weighted by atomic mass is 9.95. The molecule has 1 aliphatic rings. The van der Waals surface area contributed by atoms with E-state index in [1.807, 2.05) is 32.0 Å². The van der Waals surface area contributed by atoms with Gasteiger partial charge in [0.05, 0.1) is 0 Å². The van der Waals surface area contributed by atoms with Crippen molar-refractivity contribution in [2.75, 3.05) is 7.05 Å². The fourth-order valence-electron chi connectivity index (χ4n) is 3.67. The number of aryl methyl sites for hydroxylation is 2. The lowest BCUT2D eigenvalue weighted by Crippen LogP contribution is -2.46. The normalized spacial score (nSPS) is 15.0. The summed E-state index contributed by atoms with van der Waals surface area (Å²) in [6.45, 7) is 4.08. The average molecular weight is 341 g/mol. The van der Waals surface area contributed by atoms with Crippen molar-refractivity contribution in [1.82, 2.24) is 15.6 Å². The van der Waals surface area contributed by atoms with Gasteiger partial charge < -0.3 is 15.6 Å². The maximum Gasteiger partial charge on any atom is 0.251 e. The van der Waals surface area contributed by atoms with Gasteiger partial charge in [0, 0.05) is 29.2 Å². The quantitative estimate of drug-likeness (QED) is 0.782. The molecule has 1 heterocycles. The number of hydrogen-bond acceptors (Lipinski definition) is 2. The van der Waals surface area contributed by atoms with Crippen LogP contribution in [0, 0.1) is 5.92 Å². The van der Waals surface area contributed by atoms with Crippen LogP contribution >= 0.6 is 0 Å². The van der Waals surface area contributed by atoms with E-state index in [2.05, 4.69) is 15.6 Å². The van der Waals surface area contributed by atoms with Crippen molar-refractivity contribution < 1.29 is 9.59 Å². The van der Waals surface area contributed by atoms with Gasteiger partial charge in [0.1, 0.15) is 6.04 Å². The Balaban J connectivity index is 1.84. The molecule has 3 rings (SSSR count). The number of H-pyrrole nitrogens is 1. The maximum atomic E-state index is 12.7. The molecule has 5 heteroatoms. The number of rotatable bonds is 5. The third-order valence-corrected chi connectivity index (χ3v) is 4.94. The Hall–Kier alpha value is -2.30. The summed E-state index contributed by atoms with van der Waals surface area (Å²) in [4.78, 5) is 28.2. The molecule has 2 aromatic rings. The first kappa shape index (κ1) is 17.5. The summed E-state index contributed by atoms with van der Waals surface area (Å²) in [5.41, 5.74) is 4.36. The minimum Gasteiger partial charge on any atom is -0.358 e. The van der Waals surface area contributed by atoms with Crippen molar-refractivity contribution in [3.8, 4) is 0 Å². The molecular weight excluding hydrogens is 314 g/mol. The monoisotopic (exact) mass is 341 g/mol. The number of carbonyl (C=O) groups is 2. The summed E-state index contributed by atoms with van der Waals surface area (Å²) < 4.78 is 0. The zero-order valence-corrected chi connectivity index (χ0v) is 15.2. The van der Waals surface area contributed by atoms with Gasteiger partial charge in [-0.1, -0.05) is 13.8 Å². The SMILES string of the molecule is CNC(=O)C(CC(C)C)NC(=O)c1ccc2[nH]c3c(c2c1)CCCC3. The third-order valence-electron chi connectivity index (χ3n) is 4.94. The molecular formula is C20H27N3O2. The molecule has 134 valence electrons. The standard InChI is InChI=1S/C20H27N3O2/c1-12(2)10-18(20(25)21-3)23-19(24)13-8-9-17-15(11-13)14-6-4-5-7-16(14)22-17/h8-9,11-12,18,22H,4-7,10H2,1-3H3,(H,21,25)(H,23,24). The van der Waals surface area contributed by atoms with Crippen molar-refractivity contribution in [3.63, 3.8) is 0 Å². The molecule has 0 radical (unpaired) electrons. The van der Waals surface area contributed by atoms with Crippen molar-refractivity contribution in [3.05, 3.63) is 35.0 Å². The summed E-state index contributed by atoms with van der Waals surface area (Å²) in [7, 11) is 1.60. The van der Waals surface area contributed by atoms with Crippen LogP contribution in [0.1, 0.15) is 54.7 Å². The Kier molecular flexibility index (Phi) is 5.11. The highest BCUT2D eigenvalue weighted by atomic mass is 16.2. The van der Waals surface area contributed by atoms with E-state index in [4.69, 9.17) is 0 Å². The van der Waals surface area contributed by atoms with Crippen LogP contribution in [0.15, 0.2) is 18.2 Å². The molecule has 0 bridgehead atoms. The number of fused-ring (bicyclic) bond motifs is 3. The van der Waals surface area contributed by atoms with E-state index >= 15 is 0 Å². The Morgan fingerprint density at radius 2 is 1.96 bits per heavy atom. The third kappa shape index (κ3) is 3.70. The van der Waals surface area contributed by atoms with Crippen LogP contribution in [0.4, 0.5) is 0 Å². The maximum absolute atomic E-state index is 12.7. The number of carbonyl (C=O) groups excluding carboxylic acids is 2. The molecule has 3 N–H and O–H groups in total. The van der Waals surface area contributed by atoms with Gasteiger partial charge >= 0.3 is 0 Å². The van der Waals surface area contributed by atoms with Gasteiger partial charge in [-0.3, -0.25) is 9.59 Å². The lowest BCUT2D eigenvalue weighted by Gasteiger charge is -2.19. The summed E-state index contributed by atoms with van der Waals surface area (Å²) in [5, 5.41) is 6.67. The first-order valence-corrected chi connectivity index (χ1v) is 9.15. The summed E-state index contributed by atoms with van der Waals surface area (Å²) >= 11 is 0. The number of benzene rings is 1. The second kappa shape index (κ2) is 7.30. The van der Waals surface area contributed by atoms with Gasteiger partial charge in [0.15, 0.2) is 0 Å². The average Bonchev–Trinajstić information content (AvgIpc) is 2.97. The summed E-state index contributed by atoms with van der Waals surface area (Å²) in [5.74, 6) is -0.0224. The topological polar surface area (TPSA) is 74.0 Å². The second-order valence-corrected chi connectivity index (χ2v) is 7.32. The van der Waals surface area contributed by atoms with Gasteiger partial charge in [0.2, 0.25) is 5.91 Å². The van der Waals surface area contributed by atoms with Crippen LogP contribution < -0.4 is 10.6 Å². The summed E-state index contributed by atoms with van der Waals surface area (Å²) in [6, 6.07) is 5.26. The van der Waals surface area contributed by atoms with Gasteiger partial charge in [0.25, 0.3) is 5.91 Å². The number of aromatic nitrogens is 1. The largest absolute Gasteiger partial charge is 0.358 e. The minimum atomic E-state index is -0.506.